The summed E-state index contributed by atoms with van der Waals surface area (Å²) in [6.07, 6.45) is -0.0340. The van der Waals surface area contributed by atoms with Gasteiger partial charge in [0.2, 0.25) is 0 Å². The topological polar surface area (TPSA) is 9.23 Å². The maximum Gasteiger partial charge on any atom is 0.432 e. The summed E-state index contributed by atoms with van der Waals surface area (Å²) in [7, 11) is 0. The Hall–Kier alpha value is -4.52. The highest BCUT2D eigenvalue weighted by atomic mass is 19.3. The molecule has 0 unspecified atom stereocenters. The predicted molar refractivity (Wildman–Crippen MR) is 157 cm³/mol. The van der Waals surface area contributed by atoms with Gasteiger partial charge in [-0.3, -0.25) is 0 Å². The highest BCUT2D eigenvalue weighted by Crippen LogP contribution is 2.38. The predicted octanol–water partition coefficient (Wildman–Crippen LogP) is 11.1. The highest BCUT2D eigenvalue weighted by Gasteiger charge is 2.41. The molecular weight excluding hydrogens is 562 g/mol. The summed E-state index contributed by atoms with van der Waals surface area (Å²) in [6, 6.07) is 24.2. The minimum atomic E-state index is -4.37. The van der Waals surface area contributed by atoms with Crippen LogP contribution in [-0.2, 0) is 12.5 Å². The van der Waals surface area contributed by atoms with Crippen LogP contribution in [0.2, 0.25) is 0 Å². The van der Waals surface area contributed by atoms with Crippen LogP contribution >= 0.6 is 0 Å². The molecule has 0 N–H and O–H groups in total. The quantitative estimate of drug-likeness (QED) is 0.116. The smallest absolute Gasteiger partial charge is 0.429 e. The third kappa shape index (κ3) is 6.94. The summed E-state index contributed by atoms with van der Waals surface area (Å²) in [6.45, 7) is 2.14. The van der Waals surface area contributed by atoms with Gasteiger partial charge in [0, 0.05) is 5.56 Å². The van der Waals surface area contributed by atoms with Crippen LogP contribution in [0.3, 0.4) is 0 Å². The zero-order valence-corrected chi connectivity index (χ0v) is 23.3. The number of hydrogen-bond acceptors (Lipinski definition) is 1. The van der Waals surface area contributed by atoms with Gasteiger partial charge in [0.05, 0.1) is 0 Å². The molecule has 0 aromatic heterocycles. The van der Waals surface area contributed by atoms with E-state index in [1.54, 1.807) is 6.07 Å². The molecule has 0 amide bonds. The number of hydrogen-bond donors (Lipinski definition) is 0. The van der Waals surface area contributed by atoms with E-state index in [4.69, 9.17) is 0 Å². The molecule has 43 heavy (non-hydrogen) atoms. The molecule has 0 saturated carbocycles. The Kier molecular flexibility index (Phi) is 8.90. The molecular formula is C36H28F6O. The first kappa shape index (κ1) is 30.0. The van der Waals surface area contributed by atoms with Gasteiger partial charge in [0.1, 0.15) is 34.6 Å². The Labute approximate surface area is 246 Å². The molecule has 0 aliphatic heterocycles. The van der Waals surface area contributed by atoms with Crippen LogP contribution < -0.4 is 4.74 Å². The fraction of sp³-hybridized carbons (Fsp3) is 0.167. The second-order valence-electron chi connectivity index (χ2n) is 10.3. The van der Waals surface area contributed by atoms with Crippen LogP contribution in [-0.4, -0.2) is 0 Å². The van der Waals surface area contributed by atoms with Crippen molar-refractivity contribution in [2.75, 3.05) is 0 Å². The van der Waals surface area contributed by atoms with Gasteiger partial charge in [-0.1, -0.05) is 80.4 Å². The van der Waals surface area contributed by atoms with Crippen LogP contribution in [0.5, 0.6) is 5.75 Å². The third-order valence-electron chi connectivity index (χ3n) is 7.25. The van der Waals surface area contributed by atoms with Crippen molar-refractivity contribution in [2.24, 2.45) is 0 Å². The number of aryl methyl sites for hydroxylation is 1. The van der Waals surface area contributed by atoms with Crippen LogP contribution in [0.25, 0.3) is 33.4 Å². The number of rotatable bonds is 10. The Morgan fingerprint density at radius 3 is 1.65 bits per heavy atom. The average Bonchev–Trinajstić information content (AvgIpc) is 2.98. The summed E-state index contributed by atoms with van der Waals surface area (Å²) < 4.78 is 92.9. The van der Waals surface area contributed by atoms with Gasteiger partial charge in [-0.15, -0.1) is 0 Å². The van der Waals surface area contributed by atoms with E-state index >= 15 is 4.39 Å². The summed E-state index contributed by atoms with van der Waals surface area (Å²) in [5, 5.41) is 0. The first-order chi connectivity index (χ1) is 20.6. The van der Waals surface area contributed by atoms with E-state index in [1.165, 1.54) is 66.2 Å². The molecule has 0 saturated heterocycles. The fourth-order valence-electron chi connectivity index (χ4n) is 4.94. The Balaban J connectivity index is 1.33. The van der Waals surface area contributed by atoms with Crippen molar-refractivity contribution in [3.63, 3.8) is 0 Å². The van der Waals surface area contributed by atoms with E-state index < -0.39 is 34.9 Å². The van der Waals surface area contributed by atoms with Gasteiger partial charge in [-0.05, 0) is 88.7 Å². The van der Waals surface area contributed by atoms with Crippen molar-refractivity contribution in [2.45, 2.75) is 38.7 Å². The van der Waals surface area contributed by atoms with Crippen molar-refractivity contribution in [3.8, 4) is 39.1 Å². The molecule has 7 heteroatoms. The van der Waals surface area contributed by atoms with Crippen molar-refractivity contribution < 1.29 is 31.1 Å². The molecule has 0 atom stereocenters. The lowest BCUT2D eigenvalue weighted by atomic mass is 9.97. The average molecular weight is 591 g/mol. The number of alkyl halides is 2. The minimum absolute atomic E-state index is 0.134. The highest BCUT2D eigenvalue weighted by molar-refractivity contribution is 5.71. The Morgan fingerprint density at radius 1 is 0.558 bits per heavy atom. The first-order valence-corrected chi connectivity index (χ1v) is 14.0. The minimum Gasteiger partial charge on any atom is -0.429 e. The van der Waals surface area contributed by atoms with Crippen molar-refractivity contribution in [1.82, 2.24) is 0 Å². The van der Waals surface area contributed by atoms with Gasteiger partial charge < -0.3 is 4.74 Å². The zero-order valence-electron chi connectivity index (χ0n) is 23.3. The number of benzene rings is 5. The normalized spacial score (nSPS) is 11.5. The SMILES string of the molecule is CCCCCc1ccc(-c2ccc(-c3cc(F)c(C(F)(F)Oc4ccc(-c5ccc(F)cc5)cc4)c(F)c3)c(F)c2)cc1. The molecule has 5 aromatic rings. The lowest BCUT2D eigenvalue weighted by Gasteiger charge is -2.20. The molecule has 0 bridgehead atoms. The van der Waals surface area contributed by atoms with E-state index in [9.17, 15) is 22.0 Å². The molecule has 5 rings (SSSR count). The van der Waals surface area contributed by atoms with Gasteiger partial charge in [0.25, 0.3) is 0 Å². The second kappa shape index (κ2) is 12.8. The standard InChI is InChI=1S/C36H28F6O/c1-2-3-4-5-23-6-8-26(9-7-23)27-14-19-31(32(38)20-27)28-21-33(39)35(34(40)22-28)36(41,42)43-30-17-12-25(13-18-30)24-10-15-29(37)16-11-24/h6-22H,2-5H2,1H3. The monoisotopic (exact) mass is 590 g/mol. The summed E-state index contributed by atoms with van der Waals surface area (Å²) >= 11 is 0. The number of unbranched alkanes of at least 4 members (excludes halogenated alkanes) is 2. The maximum atomic E-state index is 15.1. The molecule has 0 aliphatic carbocycles. The van der Waals surface area contributed by atoms with Crippen LogP contribution in [0.15, 0.2) is 103 Å². The van der Waals surface area contributed by atoms with Gasteiger partial charge >= 0.3 is 6.11 Å². The van der Waals surface area contributed by atoms with E-state index in [1.807, 2.05) is 24.3 Å². The molecule has 5 aromatic carbocycles. The molecule has 1 nitrogen and oxygen atoms in total. The lowest BCUT2D eigenvalue weighted by molar-refractivity contribution is -0.189. The van der Waals surface area contributed by atoms with E-state index in [0.29, 0.717) is 28.8 Å². The van der Waals surface area contributed by atoms with Crippen LogP contribution in [0.4, 0.5) is 26.3 Å². The Morgan fingerprint density at radius 2 is 1.07 bits per heavy atom. The number of ether oxygens (including phenoxy) is 1. The summed E-state index contributed by atoms with van der Waals surface area (Å²) in [4.78, 5) is 0. The fourth-order valence-corrected chi connectivity index (χ4v) is 4.94. The second-order valence-corrected chi connectivity index (χ2v) is 10.3. The van der Waals surface area contributed by atoms with Crippen molar-refractivity contribution in [3.05, 3.63) is 138 Å². The summed E-state index contributed by atoms with van der Waals surface area (Å²) in [5.41, 5.74) is 1.83. The number of halogens is 6. The van der Waals surface area contributed by atoms with Crippen molar-refractivity contribution in [1.29, 1.82) is 0 Å². The van der Waals surface area contributed by atoms with Gasteiger partial charge in [0.15, 0.2) is 0 Å². The summed E-state index contributed by atoms with van der Waals surface area (Å²) in [5.74, 6) is -4.67. The molecule has 0 spiro atoms. The van der Waals surface area contributed by atoms with E-state index in [-0.39, 0.29) is 16.9 Å². The third-order valence-corrected chi connectivity index (χ3v) is 7.25. The molecule has 0 fully saturated rings. The molecule has 220 valence electrons. The van der Waals surface area contributed by atoms with Gasteiger partial charge in [-0.25, -0.2) is 17.6 Å². The van der Waals surface area contributed by atoms with Crippen molar-refractivity contribution >= 4 is 0 Å². The molecule has 0 heterocycles. The van der Waals surface area contributed by atoms with Gasteiger partial charge in [-0.2, -0.15) is 8.78 Å². The van der Waals surface area contributed by atoms with E-state index in [0.717, 1.165) is 31.2 Å². The van der Waals surface area contributed by atoms with Crippen LogP contribution in [0, 0.1) is 23.3 Å². The van der Waals surface area contributed by atoms with E-state index in [2.05, 4.69) is 11.7 Å². The maximum absolute atomic E-state index is 15.1. The first-order valence-electron chi connectivity index (χ1n) is 14.0. The largest absolute Gasteiger partial charge is 0.432 e. The lowest BCUT2D eigenvalue weighted by Crippen LogP contribution is -2.25. The molecule has 0 radical (unpaired) electrons. The zero-order chi connectivity index (χ0) is 30.6. The van der Waals surface area contributed by atoms with Crippen LogP contribution in [0.1, 0.15) is 37.3 Å². The Bertz CT molecular complexity index is 1670. The molecule has 0 aliphatic rings.